The molecule has 1 atom stereocenters. The van der Waals surface area contributed by atoms with Crippen LogP contribution in [0.25, 0.3) is 0 Å². The third-order valence-electron chi connectivity index (χ3n) is 3.38. The Kier molecular flexibility index (Phi) is 7.77. The van der Waals surface area contributed by atoms with Gasteiger partial charge in [-0.05, 0) is 38.1 Å². The summed E-state index contributed by atoms with van der Waals surface area (Å²) in [4.78, 5) is 0. The van der Waals surface area contributed by atoms with Gasteiger partial charge in [0.1, 0.15) is 0 Å². The first kappa shape index (κ1) is 14.9. The van der Waals surface area contributed by atoms with Crippen LogP contribution in [-0.2, 0) is 14.2 Å². The Labute approximate surface area is 105 Å². The van der Waals surface area contributed by atoms with Crippen molar-refractivity contribution < 1.29 is 14.2 Å². The highest BCUT2D eigenvalue weighted by Gasteiger charge is 2.25. The van der Waals surface area contributed by atoms with E-state index in [0.29, 0.717) is 0 Å². The first-order chi connectivity index (χ1) is 8.31. The lowest BCUT2D eigenvalue weighted by Gasteiger charge is -2.31. The summed E-state index contributed by atoms with van der Waals surface area (Å²) < 4.78 is 16.2. The summed E-state index contributed by atoms with van der Waals surface area (Å²) in [6, 6.07) is 0.285. The monoisotopic (exact) mass is 245 g/mol. The van der Waals surface area contributed by atoms with Gasteiger partial charge in [0.25, 0.3) is 0 Å². The first-order valence-electron chi connectivity index (χ1n) is 6.68. The Hall–Kier alpha value is -0.160. The van der Waals surface area contributed by atoms with E-state index in [-0.39, 0.29) is 12.3 Å². The number of ether oxygens (including phenoxy) is 3. The molecule has 1 fully saturated rings. The average Bonchev–Trinajstić information content (AvgIpc) is 2.38. The third-order valence-corrected chi connectivity index (χ3v) is 3.38. The van der Waals surface area contributed by atoms with Gasteiger partial charge in [-0.15, -0.1) is 0 Å². The van der Waals surface area contributed by atoms with E-state index < -0.39 is 0 Å². The van der Waals surface area contributed by atoms with E-state index in [4.69, 9.17) is 14.2 Å². The third kappa shape index (κ3) is 5.34. The minimum atomic E-state index is -0.149. The average molecular weight is 245 g/mol. The molecule has 1 aliphatic rings. The van der Waals surface area contributed by atoms with E-state index in [2.05, 4.69) is 12.2 Å². The maximum absolute atomic E-state index is 5.39. The number of nitrogens with one attached hydrogen (secondary N) is 1. The molecular weight excluding hydrogens is 218 g/mol. The molecule has 0 aromatic heterocycles. The van der Waals surface area contributed by atoms with Gasteiger partial charge >= 0.3 is 0 Å². The van der Waals surface area contributed by atoms with Gasteiger partial charge < -0.3 is 19.5 Å². The molecule has 0 radical (unpaired) electrons. The van der Waals surface area contributed by atoms with Crippen molar-refractivity contribution in [3.63, 3.8) is 0 Å². The number of rotatable bonds is 8. The summed E-state index contributed by atoms with van der Waals surface area (Å²) in [5.41, 5.74) is 0. The summed E-state index contributed by atoms with van der Waals surface area (Å²) in [7, 11) is 3.41. The van der Waals surface area contributed by atoms with Gasteiger partial charge in [-0.25, -0.2) is 0 Å². The van der Waals surface area contributed by atoms with Crippen LogP contribution >= 0.6 is 0 Å². The zero-order valence-corrected chi connectivity index (χ0v) is 11.4. The molecule has 4 heteroatoms. The van der Waals surface area contributed by atoms with Crippen molar-refractivity contribution in [3.05, 3.63) is 0 Å². The lowest BCUT2D eigenvalue weighted by atomic mass is 9.92. The molecule has 0 aromatic rings. The molecule has 17 heavy (non-hydrogen) atoms. The zero-order chi connectivity index (χ0) is 12.5. The van der Waals surface area contributed by atoms with Crippen LogP contribution in [0.15, 0.2) is 0 Å². The number of methoxy groups -OCH3 is 2. The van der Waals surface area contributed by atoms with Crippen LogP contribution in [0.4, 0.5) is 0 Å². The van der Waals surface area contributed by atoms with Crippen molar-refractivity contribution in [2.24, 2.45) is 5.92 Å². The van der Waals surface area contributed by atoms with E-state index in [9.17, 15) is 0 Å². The van der Waals surface area contributed by atoms with Gasteiger partial charge in [-0.3, -0.25) is 0 Å². The van der Waals surface area contributed by atoms with Gasteiger partial charge in [0, 0.05) is 27.4 Å². The van der Waals surface area contributed by atoms with Crippen LogP contribution in [0.1, 0.15) is 32.6 Å². The summed E-state index contributed by atoms with van der Waals surface area (Å²) in [5.74, 6) is 0.728. The molecule has 0 aromatic carbocycles. The highest BCUT2D eigenvalue weighted by Crippen LogP contribution is 2.22. The van der Waals surface area contributed by atoms with E-state index in [1.807, 2.05) is 0 Å². The van der Waals surface area contributed by atoms with E-state index in [1.54, 1.807) is 14.2 Å². The second-order valence-corrected chi connectivity index (χ2v) is 4.69. The predicted octanol–water partition coefficient (Wildman–Crippen LogP) is 1.79. The van der Waals surface area contributed by atoms with Crippen molar-refractivity contribution in [2.45, 2.75) is 44.9 Å². The second kappa shape index (κ2) is 8.86. The van der Waals surface area contributed by atoms with Gasteiger partial charge in [-0.2, -0.15) is 0 Å². The molecule has 1 N–H and O–H groups in total. The van der Waals surface area contributed by atoms with Crippen LogP contribution in [-0.4, -0.2) is 46.3 Å². The topological polar surface area (TPSA) is 39.7 Å². The molecule has 1 aliphatic heterocycles. The van der Waals surface area contributed by atoms with Crippen molar-refractivity contribution >= 4 is 0 Å². The predicted molar refractivity (Wildman–Crippen MR) is 68.0 cm³/mol. The highest BCUT2D eigenvalue weighted by atomic mass is 16.7. The van der Waals surface area contributed by atoms with Crippen molar-refractivity contribution in [1.29, 1.82) is 0 Å². The largest absolute Gasteiger partial charge is 0.381 e. The van der Waals surface area contributed by atoms with Crippen molar-refractivity contribution in [2.75, 3.05) is 34.0 Å². The molecule has 0 aliphatic carbocycles. The molecule has 1 rings (SSSR count). The second-order valence-electron chi connectivity index (χ2n) is 4.69. The Balaban J connectivity index is 2.42. The lowest BCUT2D eigenvalue weighted by molar-refractivity contribution is -0.127. The normalized spacial score (nSPS) is 19.8. The van der Waals surface area contributed by atoms with E-state index in [1.165, 1.54) is 0 Å². The Morgan fingerprint density at radius 1 is 1.24 bits per heavy atom. The summed E-state index contributed by atoms with van der Waals surface area (Å²) >= 11 is 0. The number of hydrogen-bond donors (Lipinski definition) is 1. The molecule has 1 heterocycles. The van der Waals surface area contributed by atoms with E-state index in [0.717, 1.165) is 51.4 Å². The Morgan fingerprint density at radius 3 is 2.41 bits per heavy atom. The molecule has 4 nitrogen and oxygen atoms in total. The fourth-order valence-electron chi connectivity index (χ4n) is 2.39. The standard InChI is InChI=1S/C13H27NO3/c1-4-7-14-12(13(15-2)16-3)10-11-5-8-17-9-6-11/h11-14H,4-10H2,1-3H3. The fraction of sp³-hybridized carbons (Fsp3) is 1.00. The van der Waals surface area contributed by atoms with Crippen LogP contribution in [0.3, 0.4) is 0 Å². The molecule has 102 valence electrons. The van der Waals surface area contributed by atoms with Gasteiger partial charge in [0.2, 0.25) is 0 Å². The maximum atomic E-state index is 5.39. The Morgan fingerprint density at radius 2 is 1.88 bits per heavy atom. The molecule has 0 saturated carbocycles. The van der Waals surface area contributed by atoms with Crippen LogP contribution < -0.4 is 5.32 Å². The minimum Gasteiger partial charge on any atom is -0.381 e. The van der Waals surface area contributed by atoms with Gasteiger partial charge in [0.05, 0.1) is 6.04 Å². The summed E-state index contributed by atoms with van der Waals surface area (Å²) in [6.45, 7) is 4.98. The summed E-state index contributed by atoms with van der Waals surface area (Å²) in [6.07, 6.45) is 4.40. The fourth-order valence-corrected chi connectivity index (χ4v) is 2.39. The summed E-state index contributed by atoms with van der Waals surface area (Å²) in [5, 5.41) is 3.53. The lowest BCUT2D eigenvalue weighted by Crippen LogP contribution is -2.44. The zero-order valence-electron chi connectivity index (χ0n) is 11.4. The van der Waals surface area contributed by atoms with E-state index >= 15 is 0 Å². The van der Waals surface area contributed by atoms with Crippen molar-refractivity contribution in [3.8, 4) is 0 Å². The van der Waals surface area contributed by atoms with Gasteiger partial charge in [0.15, 0.2) is 6.29 Å². The minimum absolute atomic E-state index is 0.149. The SMILES string of the molecule is CCCNC(CC1CCOCC1)C(OC)OC. The van der Waals surface area contributed by atoms with Crippen LogP contribution in [0.2, 0.25) is 0 Å². The quantitative estimate of drug-likeness (QED) is 0.662. The molecule has 1 saturated heterocycles. The Bertz CT molecular complexity index is 180. The molecule has 1 unspecified atom stereocenters. The van der Waals surface area contributed by atoms with Crippen LogP contribution in [0, 0.1) is 5.92 Å². The molecular formula is C13H27NO3. The molecule has 0 amide bonds. The van der Waals surface area contributed by atoms with Gasteiger partial charge in [-0.1, -0.05) is 6.92 Å². The van der Waals surface area contributed by atoms with Crippen LogP contribution in [0.5, 0.6) is 0 Å². The number of hydrogen-bond acceptors (Lipinski definition) is 4. The first-order valence-corrected chi connectivity index (χ1v) is 6.68. The molecule has 0 spiro atoms. The smallest absolute Gasteiger partial charge is 0.171 e. The maximum Gasteiger partial charge on any atom is 0.171 e. The molecule has 0 bridgehead atoms. The highest BCUT2D eigenvalue weighted by molar-refractivity contribution is 4.76. The van der Waals surface area contributed by atoms with Crippen molar-refractivity contribution in [1.82, 2.24) is 5.32 Å².